The third-order valence-electron chi connectivity index (χ3n) is 7.33. The number of benzene rings is 3. The van der Waals surface area contributed by atoms with Crippen LogP contribution in [0.5, 0.6) is 5.75 Å². The van der Waals surface area contributed by atoms with Crippen LogP contribution in [-0.4, -0.2) is 28.0 Å². The van der Waals surface area contributed by atoms with Crippen LogP contribution in [0.4, 0.5) is 0 Å². The topological polar surface area (TPSA) is 82.8 Å². The molecule has 0 fully saturated rings. The van der Waals surface area contributed by atoms with E-state index >= 15 is 0 Å². The molecule has 1 amide bonds. The lowest BCUT2D eigenvalue weighted by Crippen LogP contribution is -2.30. The van der Waals surface area contributed by atoms with Crippen molar-refractivity contribution in [3.8, 4) is 17.0 Å². The van der Waals surface area contributed by atoms with E-state index in [-0.39, 0.29) is 11.9 Å². The minimum Gasteiger partial charge on any atom is -0.497 e. The predicted octanol–water partition coefficient (Wildman–Crippen LogP) is 7.40. The number of imidazole rings is 1. The Balaban J connectivity index is 1.36. The molecule has 2 aromatic heterocycles. The number of carbonyl (C=O) groups excluding carboxylic acids is 1. The smallest absolute Gasteiger partial charge is 0.225 e. The van der Waals surface area contributed by atoms with Gasteiger partial charge < -0.3 is 20.0 Å². The number of rotatable bonds is 11. The van der Waals surface area contributed by atoms with E-state index in [1.807, 2.05) is 31.3 Å². The Hall–Kier alpha value is -4.06. The summed E-state index contributed by atoms with van der Waals surface area (Å²) in [6, 6.07) is 20.5. The number of amides is 1. The van der Waals surface area contributed by atoms with Gasteiger partial charge in [-0.2, -0.15) is 0 Å². The Morgan fingerprint density at radius 2 is 1.84 bits per heavy atom. The summed E-state index contributed by atoms with van der Waals surface area (Å²) in [7, 11) is 1.66. The molecule has 0 saturated carbocycles. The van der Waals surface area contributed by atoms with Crippen LogP contribution < -0.4 is 10.1 Å². The van der Waals surface area contributed by atoms with E-state index in [2.05, 4.69) is 64.7 Å². The van der Waals surface area contributed by atoms with E-state index in [1.54, 1.807) is 7.11 Å². The van der Waals surface area contributed by atoms with Gasteiger partial charge in [0.05, 0.1) is 31.5 Å². The fraction of sp³-hybridized carbons (Fsp3) is 0.312. The lowest BCUT2D eigenvalue weighted by Gasteiger charge is -2.17. The first-order chi connectivity index (χ1) is 18.6. The van der Waals surface area contributed by atoms with Gasteiger partial charge in [-0.1, -0.05) is 69.0 Å². The number of fused-ring (bicyclic) bond motifs is 2. The average molecular weight is 509 g/mol. The number of aromatic nitrogens is 3. The van der Waals surface area contributed by atoms with Gasteiger partial charge in [-0.25, -0.2) is 4.98 Å². The molecule has 0 aliphatic heterocycles. The van der Waals surface area contributed by atoms with Crippen LogP contribution in [0.3, 0.4) is 0 Å². The number of aromatic amines is 2. The van der Waals surface area contributed by atoms with Crippen molar-refractivity contribution in [2.75, 3.05) is 7.11 Å². The van der Waals surface area contributed by atoms with Crippen molar-refractivity contribution in [1.29, 1.82) is 0 Å². The van der Waals surface area contributed by atoms with Gasteiger partial charge in [0.15, 0.2) is 0 Å². The maximum atomic E-state index is 13.4. The Morgan fingerprint density at radius 3 is 2.66 bits per heavy atom. The number of hydrogen-bond donors (Lipinski definition) is 3. The second kappa shape index (κ2) is 11.5. The number of nitrogens with one attached hydrogen (secondary N) is 3. The number of aryl methyl sites for hydroxylation is 1. The fourth-order valence-corrected chi connectivity index (χ4v) is 5.19. The van der Waals surface area contributed by atoms with Gasteiger partial charge in [-0.05, 0) is 53.9 Å². The first-order valence-electron chi connectivity index (χ1n) is 13.5. The van der Waals surface area contributed by atoms with E-state index in [0.717, 1.165) is 64.3 Å². The number of nitrogens with zero attached hydrogens (tertiary/aromatic N) is 1. The molecule has 5 rings (SSSR count). The van der Waals surface area contributed by atoms with Gasteiger partial charge in [-0.15, -0.1) is 0 Å². The maximum absolute atomic E-state index is 13.4. The zero-order valence-corrected chi connectivity index (χ0v) is 22.4. The molecule has 0 bridgehead atoms. The van der Waals surface area contributed by atoms with Crippen LogP contribution >= 0.6 is 0 Å². The quantitative estimate of drug-likeness (QED) is 0.163. The third-order valence-corrected chi connectivity index (χ3v) is 7.33. The van der Waals surface area contributed by atoms with E-state index in [1.165, 1.54) is 23.6 Å². The summed E-state index contributed by atoms with van der Waals surface area (Å²) < 4.78 is 5.41. The number of carbonyl (C=O) groups is 1. The minimum atomic E-state index is -0.173. The monoisotopic (exact) mass is 508 g/mol. The first-order valence-corrected chi connectivity index (χ1v) is 13.5. The first kappa shape index (κ1) is 25.6. The van der Waals surface area contributed by atoms with Crippen molar-refractivity contribution in [2.24, 2.45) is 0 Å². The summed E-state index contributed by atoms with van der Waals surface area (Å²) in [4.78, 5) is 25.0. The fourth-order valence-electron chi connectivity index (χ4n) is 5.19. The van der Waals surface area contributed by atoms with Gasteiger partial charge >= 0.3 is 0 Å². The SMILES string of the molecule is CCCCCC[C@H](NC(=O)Cc1c(C)[nH]c2ccc(OC)cc12)c1ncc(-c2ccc3ccccc3c2)[nH]1. The molecule has 6 heteroatoms. The molecule has 38 heavy (non-hydrogen) atoms. The van der Waals surface area contributed by atoms with Crippen molar-refractivity contribution in [3.63, 3.8) is 0 Å². The molecule has 5 aromatic rings. The van der Waals surface area contributed by atoms with Crippen LogP contribution in [0.15, 0.2) is 66.9 Å². The second-order valence-electron chi connectivity index (χ2n) is 10.0. The molecule has 3 N–H and O–H groups in total. The largest absolute Gasteiger partial charge is 0.497 e. The summed E-state index contributed by atoms with van der Waals surface area (Å²) in [6.45, 7) is 4.22. The lowest BCUT2D eigenvalue weighted by molar-refractivity contribution is -0.121. The molecular formula is C32H36N4O2. The Kier molecular flexibility index (Phi) is 7.78. The Labute approximate surface area is 223 Å². The second-order valence-corrected chi connectivity index (χ2v) is 10.0. The average Bonchev–Trinajstić information content (AvgIpc) is 3.55. The Morgan fingerprint density at radius 1 is 1.00 bits per heavy atom. The van der Waals surface area contributed by atoms with Crippen LogP contribution in [0, 0.1) is 6.92 Å². The van der Waals surface area contributed by atoms with E-state index < -0.39 is 0 Å². The summed E-state index contributed by atoms with van der Waals surface area (Å²) in [5, 5.41) is 6.71. The highest BCUT2D eigenvalue weighted by Gasteiger charge is 2.20. The molecule has 0 radical (unpaired) electrons. The number of unbranched alkanes of at least 4 members (excludes halogenated alkanes) is 3. The van der Waals surface area contributed by atoms with Crippen LogP contribution in [0.25, 0.3) is 32.9 Å². The van der Waals surface area contributed by atoms with E-state index in [9.17, 15) is 4.79 Å². The molecule has 0 aliphatic rings. The molecule has 0 unspecified atom stereocenters. The van der Waals surface area contributed by atoms with E-state index in [4.69, 9.17) is 9.72 Å². The number of hydrogen-bond acceptors (Lipinski definition) is 3. The van der Waals surface area contributed by atoms with Gasteiger partial charge in [0.2, 0.25) is 5.91 Å². The standard InChI is InChI=1S/C32H36N4O2/c1-4-5-6-7-12-29(32-33-20-30(36-32)24-14-13-22-10-8-9-11-23(22)17-24)35-31(37)19-26-21(2)34-28-16-15-25(38-3)18-27(26)28/h8-11,13-18,20,29,34H,4-7,12,19H2,1-3H3,(H,33,36)(H,35,37)/t29-/m0/s1. The van der Waals surface area contributed by atoms with Gasteiger partial charge in [0.25, 0.3) is 0 Å². The molecule has 6 nitrogen and oxygen atoms in total. The third kappa shape index (κ3) is 5.59. The zero-order chi connectivity index (χ0) is 26.5. The van der Waals surface area contributed by atoms with Gasteiger partial charge in [0, 0.05) is 22.2 Å². The summed E-state index contributed by atoms with van der Waals surface area (Å²) >= 11 is 0. The molecule has 1 atom stereocenters. The van der Waals surface area contributed by atoms with Crippen molar-refractivity contribution >= 4 is 27.6 Å². The molecule has 2 heterocycles. The van der Waals surface area contributed by atoms with Crippen LogP contribution in [0.2, 0.25) is 0 Å². The van der Waals surface area contributed by atoms with Crippen molar-refractivity contribution in [2.45, 2.75) is 58.4 Å². The van der Waals surface area contributed by atoms with Crippen molar-refractivity contribution < 1.29 is 9.53 Å². The minimum absolute atomic E-state index is 0.0130. The number of ether oxygens (including phenoxy) is 1. The summed E-state index contributed by atoms with van der Waals surface area (Å²) in [6.07, 6.45) is 7.56. The summed E-state index contributed by atoms with van der Waals surface area (Å²) in [5.74, 6) is 1.57. The molecule has 196 valence electrons. The van der Waals surface area contributed by atoms with E-state index in [0.29, 0.717) is 6.42 Å². The maximum Gasteiger partial charge on any atom is 0.225 e. The number of methoxy groups -OCH3 is 1. The highest BCUT2D eigenvalue weighted by atomic mass is 16.5. The molecule has 3 aromatic carbocycles. The highest BCUT2D eigenvalue weighted by molar-refractivity contribution is 5.91. The zero-order valence-electron chi connectivity index (χ0n) is 22.4. The molecular weight excluding hydrogens is 472 g/mol. The van der Waals surface area contributed by atoms with Crippen LogP contribution in [-0.2, 0) is 11.2 Å². The predicted molar refractivity (Wildman–Crippen MR) is 154 cm³/mol. The highest BCUT2D eigenvalue weighted by Crippen LogP contribution is 2.28. The van der Waals surface area contributed by atoms with Crippen LogP contribution in [0.1, 0.15) is 62.2 Å². The van der Waals surface area contributed by atoms with Gasteiger partial charge in [0.1, 0.15) is 11.6 Å². The molecule has 0 saturated heterocycles. The normalized spacial score (nSPS) is 12.2. The lowest BCUT2D eigenvalue weighted by atomic mass is 10.0. The molecule has 0 spiro atoms. The van der Waals surface area contributed by atoms with Crippen molar-refractivity contribution in [1.82, 2.24) is 20.3 Å². The summed E-state index contributed by atoms with van der Waals surface area (Å²) in [5.41, 5.74) is 5.05. The molecule has 0 aliphatic carbocycles. The van der Waals surface area contributed by atoms with Crippen molar-refractivity contribution in [3.05, 3.63) is 83.9 Å². The Bertz CT molecular complexity index is 1550. The van der Waals surface area contributed by atoms with Gasteiger partial charge in [-0.3, -0.25) is 4.79 Å². The number of H-pyrrole nitrogens is 2.